The van der Waals surface area contributed by atoms with Crippen molar-refractivity contribution in [2.24, 2.45) is 0 Å². The lowest BCUT2D eigenvalue weighted by Crippen LogP contribution is -2.53. The van der Waals surface area contributed by atoms with Crippen LogP contribution in [0.1, 0.15) is 31.4 Å². The van der Waals surface area contributed by atoms with Crippen LogP contribution in [0.4, 0.5) is 0 Å². The summed E-state index contributed by atoms with van der Waals surface area (Å²) >= 11 is 5.97. The normalized spacial score (nSPS) is 24.2. The Bertz CT molecular complexity index is 794. The van der Waals surface area contributed by atoms with Gasteiger partial charge < -0.3 is 4.74 Å². The minimum atomic E-state index is -0.00123. The number of aromatic nitrogens is 2. The molecule has 2 fully saturated rings. The Balaban J connectivity index is 1.60. The number of imidazole rings is 1. The first kappa shape index (κ1) is 16.9. The van der Waals surface area contributed by atoms with Crippen molar-refractivity contribution < 1.29 is 4.74 Å². The molecular formula is C19H24ClN3O2. The Labute approximate surface area is 152 Å². The van der Waals surface area contributed by atoms with E-state index in [0.717, 1.165) is 37.4 Å². The van der Waals surface area contributed by atoms with Gasteiger partial charge in [-0.2, -0.15) is 0 Å². The molecule has 2 unspecified atom stereocenters. The van der Waals surface area contributed by atoms with Gasteiger partial charge in [0, 0.05) is 29.5 Å². The van der Waals surface area contributed by atoms with Crippen molar-refractivity contribution in [2.45, 2.75) is 51.4 Å². The van der Waals surface area contributed by atoms with Crippen molar-refractivity contribution >= 4 is 11.6 Å². The minimum absolute atomic E-state index is 0.00123. The Kier molecular flexibility index (Phi) is 4.71. The molecule has 2 heterocycles. The van der Waals surface area contributed by atoms with E-state index in [1.165, 1.54) is 12.8 Å². The second-order valence-corrected chi connectivity index (χ2v) is 7.49. The molecule has 25 heavy (non-hydrogen) atoms. The van der Waals surface area contributed by atoms with E-state index in [4.69, 9.17) is 16.3 Å². The smallest absolute Gasteiger partial charge is 0.334 e. The van der Waals surface area contributed by atoms with Gasteiger partial charge in [-0.05, 0) is 44.0 Å². The van der Waals surface area contributed by atoms with Crippen LogP contribution in [0.5, 0.6) is 0 Å². The Morgan fingerprint density at radius 2 is 1.96 bits per heavy atom. The molecule has 1 saturated heterocycles. The predicted octanol–water partition coefficient (Wildman–Crippen LogP) is 3.20. The summed E-state index contributed by atoms with van der Waals surface area (Å²) in [7, 11) is 0. The van der Waals surface area contributed by atoms with Gasteiger partial charge in [-0.1, -0.05) is 24.4 Å². The maximum absolute atomic E-state index is 12.9. The number of morpholine rings is 1. The average Bonchev–Trinajstić information content (AvgIpc) is 2.90. The number of fused-ring (bicyclic) bond motifs is 1. The molecule has 134 valence electrons. The van der Waals surface area contributed by atoms with Gasteiger partial charge >= 0.3 is 5.69 Å². The van der Waals surface area contributed by atoms with Crippen LogP contribution in [-0.4, -0.2) is 39.3 Å². The molecule has 2 aromatic rings. The first-order valence-corrected chi connectivity index (χ1v) is 9.41. The summed E-state index contributed by atoms with van der Waals surface area (Å²) in [6.07, 6.45) is 7.08. The van der Waals surface area contributed by atoms with Crippen molar-refractivity contribution in [3.05, 3.63) is 51.7 Å². The van der Waals surface area contributed by atoms with E-state index in [0.29, 0.717) is 23.8 Å². The van der Waals surface area contributed by atoms with E-state index in [2.05, 4.69) is 4.90 Å². The zero-order valence-electron chi connectivity index (χ0n) is 14.5. The molecule has 0 radical (unpaired) electrons. The lowest BCUT2D eigenvalue weighted by Gasteiger charge is -2.43. The Morgan fingerprint density at radius 1 is 1.20 bits per heavy atom. The van der Waals surface area contributed by atoms with Crippen LogP contribution in [0.25, 0.3) is 5.69 Å². The summed E-state index contributed by atoms with van der Waals surface area (Å²) in [5.41, 5.74) is 1.78. The minimum Gasteiger partial charge on any atom is -0.375 e. The highest BCUT2D eigenvalue weighted by atomic mass is 35.5. The zero-order valence-corrected chi connectivity index (χ0v) is 15.3. The third-order valence-corrected chi connectivity index (χ3v) is 5.65. The Hall–Kier alpha value is -1.56. The highest BCUT2D eigenvalue weighted by molar-refractivity contribution is 6.30. The lowest BCUT2D eigenvalue weighted by molar-refractivity contribution is -0.0983. The van der Waals surface area contributed by atoms with E-state index < -0.39 is 0 Å². The monoisotopic (exact) mass is 361 g/mol. The Morgan fingerprint density at radius 3 is 2.76 bits per heavy atom. The van der Waals surface area contributed by atoms with Gasteiger partial charge in [0.05, 0.1) is 25.1 Å². The average molecular weight is 362 g/mol. The summed E-state index contributed by atoms with van der Waals surface area (Å²) in [4.78, 5) is 15.4. The molecule has 1 aliphatic carbocycles. The number of nitrogens with zero attached hydrogens (tertiary/aromatic N) is 3. The van der Waals surface area contributed by atoms with Crippen LogP contribution in [0.3, 0.4) is 0 Å². The molecule has 6 heteroatoms. The molecule has 0 amide bonds. The molecule has 4 rings (SSSR count). The van der Waals surface area contributed by atoms with Gasteiger partial charge in [0.15, 0.2) is 0 Å². The summed E-state index contributed by atoms with van der Waals surface area (Å²) < 4.78 is 9.51. The van der Waals surface area contributed by atoms with Crippen molar-refractivity contribution in [1.82, 2.24) is 14.0 Å². The van der Waals surface area contributed by atoms with Crippen molar-refractivity contribution in [3.8, 4) is 5.69 Å². The van der Waals surface area contributed by atoms with Crippen molar-refractivity contribution in [3.63, 3.8) is 0 Å². The zero-order chi connectivity index (χ0) is 17.4. The van der Waals surface area contributed by atoms with Gasteiger partial charge in [-0.3, -0.25) is 14.0 Å². The molecule has 0 N–H and O–H groups in total. The molecule has 1 saturated carbocycles. The maximum Gasteiger partial charge on any atom is 0.334 e. The lowest BCUT2D eigenvalue weighted by atomic mass is 9.90. The largest absolute Gasteiger partial charge is 0.375 e. The van der Waals surface area contributed by atoms with Gasteiger partial charge in [0.1, 0.15) is 0 Å². The molecule has 2 aliphatic rings. The van der Waals surface area contributed by atoms with Crippen molar-refractivity contribution in [1.29, 1.82) is 0 Å². The number of benzene rings is 1. The third kappa shape index (κ3) is 3.28. The van der Waals surface area contributed by atoms with Gasteiger partial charge in [0.25, 0.3) is 0 Å². The summed E-state index contributed by atoms with van der Waals surface area (Å²) in [5.74, 6) is 0. The molecular weight excluding hydrogens is 338 g/mol. The summed E-state index contributed by atoms with van der Waals surface area (Å²) in [6.45, 7) is 4.24. The van der Waals surface area contributed by atoms with Crippen LogP contribution in [0.15, 0.2) is 35.3 Å². The molecule has 5 nitrogen and oxygen atoms in total. The first-order chi connectivity index (χ1) is 12.1. The molecule has 1 aromatic carbocycles. The number of hydrogen-bond donors (Lipinski definition) is 0. The van der Waals surface area contributed by atoms with E-state index >= 15 is 0 Å². The van der Waals surface area contributed by atoms with Crippen LogP contribution in [0.2, 0.25) is 5.02 Å². The van der Waals surface area contributed by atoms with Gasteiger partial charge in [-0.15, -0.1) is 0 Å². The molecule has 0 bridgehead atoms. The number of aryl methyl sites for hydroxylation is 1. The molecule has 1 aliphatic heterocycles. The fourth-order valence-corrected chi connectivity index (χ4v) is 4.30. The van der Waals surface area contributed by atoms with E-state index in [1.807, 2.05) is 42.0 Å². The number of ether oxygens (including phenoxy) is 1. The van der Waals surface area contributed by atoms with Crippen LogP contribution in [-0.2, 0) is 11.4 Å². The third-order valence-electron chi connectivity index (χ3n) is 5.40. The predicted molar refractivity (Wildman–Crippen MR) is 98.5 cm³/mol. The maximum atomic E-state index is 12.9. The summed E-state index contributed by atoms with van der Waals surface area (Å²) in [6, 6.07) is 7.83. The molecule has 2 atom stereocenters. The fourth-order valence-electron chi connectivity index (χ4n) is 4.17. The van der Waals surface area contributed by atoms with E-state index in [-0.39, 0.29) is 5.69 Å². The quantitative estimate of drug-likeness (QED) is 0.842. The van der Waals surface area contributed by atoms with E-state index in [9.17, 15) is 4.79 Å². The molecule has 1 aromatic heterocycles. The first-order valence-electron chi connectivity index (χ1n) is 9.04. The second kappa shape index (κ2) is 6.98. The second-order valence-electron chi connectivity index (χ2n) is 7.05. The molecule has 0 spiro atoms. The standard InChI is InChI=1S/C19H24ClN3O2/c1-14-12-22(19(24)23(14)16-8-6-15(20)7-9-16)13-21-10-11-25-18-5-3-2-4-17(18)21/h6-9,12,17-18H,2-5,10-11,13H2,1H3. The number of hydrogen-bond acceptors (Lipinski definition) is 3. The van der Waals surface area contributed by atoms with Crippen molar-refractivity contribution in [2.75, 3.05) is 13.2 Å². The van der Waals surface area contributed by atoms with Gasteiger partial charge in [0.2, 0.25) is 0 Å². The summed E-state index contributed by atoms with van der Waals surface area (Å²) in [5, 5.41) is 0.672. The fraction of sp³-hybridized carbons (Fsp3) is 0.526. The number of rotatable bonds is 3. The highest BCUT2D eigenvalue weighted by Gasteiger charge is 2.34. The van der Waals surface area contributed by atoms with E-state index in [1.54, 1.807) is 4.57 Å². The van der Waals surface area contributed by atoms with Crippen LogP contribution in [0, 0.1) is 6.92 Å². The van der Waals surface area contributed by atoms with Crippen LogP contribution < -0.4 is 5.69 Å². The highest BCUT2D eigenvalue weighted by Crippen LogP contribution is 2.28. The van der Waals surface area contributed by atoms with Crippen LogP contribution >= 0.6 is 11.6 Å². The van der Waals surface area contributed by atoms with Gasteiger partial charge in [-0.25, -0.2) is 4.79 Å². The topological polar surface area (TPSA) is 39.4 Å². The number of halogens is 1. The SMILES string of the molecule is Cc1cn(CN2CCOC3CCCCC32)c(=O)n1-c1ccc(Cl)cc1.